The number of amides is 1. The van der Waals surface area contributed by atoms with Crippen molar-refractivity contribution in [3.05, 3.63) is 87.4 Å². The Balaban J connectivity index is 1.91. The minimum Gasteiger partial charge on any atom is -0.462 e. The molecule has 0 radical (unpaired) electrons. The molecule has 11 heteroatoms. The Morgan fingerprint density at radius 1 is 0.941 bits per heavy atom. The monoisotopic (exact) mass is 540 g/mol. The number of carbonyl (C=O) groups is 2. The second-order valence-corrected chi connectivity index (χ2v) is 10.00. The summed E-state index contributed by atoms with van der Waals surface area (Å²) in [5.41, 5.74) is 0.485. The fourth-order valence-electron chi connectivity index (χ4n) is 2.98. The highest BCUT2D eigenvalue weighted by molar-refractivity contribution is 7.92. The highest BCUT2D eigenvalue weighted by Gasteiger charge is 2.29. The van der Waals surface area contributed by atoms with Crippen molar-refractivity contribution in [2.45, 2.75) is 11.8 Å². The fraction of sp³-hybridized carbons (Fsp3) is 0.130. The van der Waals surface area contributed by atoms with Gasteiger partial charge in [0.25, 0.3) is 10.0 Å². The van der Waals surface area contributed by atoms with E-state index >= 15 is 0 Å². The van der Waals surface area contributed by atoms with Crippen LogP contribution in [0, 0.1) is 0 Å². The first-order chi connectivity index (χ1) is 16.1. The summed E-state index contributed by atoms with van der Waals surface area (Å²) in [6.45, 7) is 1.28. The van der Waals surface area contributed by atoms with Gasteiger partial charge >= 0.3 is 5.97 Å². The smallest absolute Gasteiger partial charge is 0.338 e. The molecule has 0 saturated carbocycles. The molecule has 0 aliphatic rings. The van der Waals surface area contributed by atoms with Crippen LogP contribution in [0.25, 0.3) is 0 Å². The van der Waals surface area contributed by atoms with Gasteiger partial charge in [-0.15, -0.1) is 0 Å². The van der Waals surface area contributed by atoms with E-state index in [-0.39, 0.29) is 38.5 Å². The van der Waals surface area contributed by atoms with Gasteiger partial charge in [0.2, 0.25) is 5.91 Å². The Kier molecular flexibility index (Phi) is 8.43. The molecule has 178 valence electrons. The lowest BCUT2D eigenvalue weighted by atomic mass is 10.2. The van der Waals surface area contributed by atoms with Crippen LogP contribution < -0.4 is 9.62 Å². The lowest BCUT2D eigenvalue weighted by Gasteiger charge is -2.25. The molecule has 1 amide bonds. The van der Waals surface area contributed by atoms with Crippen molar-refractivity contribution in [2.75, 3.05) is 22.8 Å². The van der Waals surface area contributed by atoms with Crippen LogP contribution in [-0.4, -0.2) is 33.4 Å². The number of carbonyl (C=O) groups excluding carboxylic acids is 2. The molecule has 3 aromatic carbocycles. The van der Waals surface area contributed by atoms with Crippen LogP contribution in [-0.2, 0) is 19.6 Å². The molecule has 34 heavy (non-hydrogen) atoms. The van der Waals surface area contributed by atoms with E-state index in [1.807, 2.05) is 0 Å². The molecular formula is C23H19Cl3N2O5S. The number of halogens is 3. The quantitative estimate of drug-likeness (QED) is 0.372. The van der Waals surface area contributed by atoms with E-state index in [0.717, 1.165) is 4.31 Å². The maximum Gasteiger partial charge on any atom is 0.338 e. The van der Waals surface area contributed by atoms with Gasteiger partial charge in [-0.1, -0.05) is 53.0 Å². The number of nitrogens with one attached hydrogen (secondary N) is 1. The molecule has 0 unspecified atom stereocenters. The average Bonchev–Trinajstić information content (AvgIpc) is 2.80. The summed E-state index contributed by atoms with van der Waals surface area (Å²) in [6.07, 6.45) is 0. The first kappa shape index (κ1) is 25.8. The van der Waals surface area contributed by atoms with Crippen molar-refractivity contribution in [3.63, 3.8) is 0 Å². The van der Waals surface area contributed by atoms with Crippen LogP contribution in [0.15, 0.2) is 71.6 Å². The van der Waals surface area contributed by atoms with Crippen molar-refractivity contribution < 1.29 is 22.7 Å². The number of ether oxygens (including phenoxy) is 1. The highest BCUT2D eigenvalue weighted by atomic mass is 35.5. The Labute approximate surface area is 212 Å². The number of hydrogen-bond donors (Lipinski definition) is 1. The third-order valence-corrected chi connectivity index (χ3v) is 7.18. The molecule has 0 spiro atoms. The van der Waals surface area contributed by atoms with Gasteiger partial charge in [0.05, 0.1) is 38.5 Å². The number of sulfonamides is 1. The van der Waals surface area contributed by atoms with Gasteiger partial charge in [0, 0.05) is 5.02 Å². The molecule has 0 atom stereocenters. The van der Waals surface area contributed by atoms with Gasteiger partial charge in [-0.3, -0.25) is 9.10 Å². The number of hydrogen-bond acceptors (Lipinski definition) is 5. The molecule has 0 bridgehead atoms. The third-order valence-electron chi connectivity index (χ3n) is 4.55. The molecule has 0 aliphatic carbocycles. The summed E-state index contributed by atoms with van der Waals surface area (Å²) in [7, 11) is -4.16. The predicted molar refractivity (Wildman–Crippen MR) is 133 cm³/mol. The average molecular weight is 542 g/mol. The number of esters is 1. The number of anilines is 2. The van der Waals surface area contributed by atoms with E-state index < -0.39 is 28.4 Å². The maximum atomic E-state index is 13.4. The van der Waals surface area contributed by atoms with Crippen molar-refractivity contribution in [2.24, 2.45) is 0 Å². The van der Waals surface area contributed by atoms with Gasteiger partial charge in [0.1, 0.15) is 6.54 Å². The minimum atomic E-state index is -4.16. The highest BCUT2D eigenvalue weighted by Crippen LogP contribution is 2.33. The largest absolute Gasteiger partial charge is 0.462 e. The molecule has 1 N–H and O–H groups in total. The van der Waals surface area contributed by atoms with E-state index in [4.69, 9.17) is 39.5 Å². The fourth-order valence-corrected chi connectivity index (χ4v) is 5.23. The maximum absolute atomic E-state index is 13.4. The first-order valence-corrected chi connectivity index (χ1v) is 12.5. The standard InChI is InChI=1S/C23H19Cl3N2O5S/c1-2-33-23(30)15-8-10-20(18(25)12-15)27-22(29)14-28(21-11-9-16(24)13-19(21)26)34(31,32)17-6-4-3-5-7-17/h3-13H,2,14H2,1H3,(H,27,29). The Morgan fingerprint density at radius 3 is 2.26 bits per heavy atom. The molecule has 0 saturated heterocycles. The summed E-state index contributed by atoms with van der Waals surface area (Å²) >= 11 is 18.4. The molecule has 0 aliphatic heterocycles. The molecule has 0 heterocycles. The van der Waals surface area contributed by atoms with Crippen LogP contribution in [0.1, 0.15) is 17.3 Å². The van der Waals surface area contributed by atoms with Crippen molar-refractivity contribution >= 4 is 68.1 Å². The zero-order valence-electron chi connectivity index (χ0n) is 17.8. The van der Waals surface area contributed by atoms with Gasteiger partial charge in [-0.25, -0.2) is 13.2 Å². The number of benzene rings is 3. The van der Waals surface area contributed by atoms with Crippen LogP contribution >= 0.6 is 34.8 Å². The molecule has 7 nitrogen and oxygen atoms in total. The van der Waals surface area contributed by atoms with Crippen LogP contribution in [0.2, 0.25) is 15.1 Å². The lowest BCUT2D eigenvalue weighted by molar-refractivity contribution is -0.114. The van der Waals surface area contributed by atoms with E-state index in [2.05, 4.69) is 5.32 Å². The molecule has 3 aromatic rings. The first-order valence-electron chi connectivity index (χ1n) is 9.93. The molecule has 0 aromatic heterocycles. The van der Waals surface area contributed by atoms with E-state index in [1.54, 1.807) is 25.1 Å². The number of nitrogens with zero attached hydrogens (tertiary/aromatic N) is 1. The second kappa shape index (κ2) is 11.1. The minimum absolute atomic E-state index is 0.0226. The van der Waals surface area contributed by atoms with Crippen LogP contribution in [0.4, 0.5) is 11.4 Å². The summed E-state index contributed by atoms with van der Waals surface area (Å²) in [6, 6.07) is 16.1. The van der Waals surface area contributed by atoms with E-state index in [1.165, 1.54) is 48.5 Å². The van der Waals surface area contributed by atoms with Gasteiger partial charge in [-0.2, -0.15) is 0 Å². The summed E-state index contributed by atoms with van der Waals surface area (Å²) in [4.78, 5) is 24.7. The Hall–Kier alpha value is -2.78. The zero-order chi connectivity index (χ0) is 24.9. The van der Waals surface area contributed by atoms with Crippen molar-refractivity contribution in [3.8, 4) is 0 Å². The number of rotatable bonds is 8. The SMILES string of the molecule is CCOC(=O)c1ccc(NC(=O)CN(c2ccc(Cl)cc2Cl)S(=O)(=O)c2ccccc2)c(Cl)c1. The molecular weight excluding hydrogens is 523 g/mol. The van der Waals surface area contributed by atoms with Gasteiger partial charge in [-0.05, 0) is 55.5 Å². The second-order valence-electron chi connectivity index (χ2n) is 6.88. The van der Waals surface area contributed by atoms with Crippen molar-refractivity contribution in [1.29, 1.82) is 0 Å². The van der Waals surface area contributed by atoms with Gasteiger partial charge < -0.3 is 10.1 Å². The van der Waals surface area contributed by atoms with Crippen molar-refractivity contribution in [1.82, 2.24) is 0 Å². The third kappa shape index (κ3) is 6.01. The topological polar surface area (TPSA) is 92.8 Å². The van der Waals surface area contributed by atoms with Gasteiger partial charge in [0.15, 0.2) is 0 Å². The van der Waals surface area contributed by atoms with E-state index in [9.17, 15) is 18.0 Å². The molecule has 0 fully saturated rings. The zero-order valence-corrected chi connectivity index (χ0v) is 20.9. The molecule has 3 rings (SSSR count). The Bertz CT molecular complexity index is 1320. The predicted octanol–water partition coefficient (Wildman–Crippen LogP) is 5.66. The van der Waals surface area contributed by atoms with E-state index in [0.29, 0.717) is 5.02 Å². The normalized spacial score (nSPS) is 11.1. The lowest BCUT2D eigenvalue weighted by Crippen LogP contribution is -2.38. The summed E-state index contributed by atoms with van der Waals surface area (Å²) < 4.78 is 32.6. The summed E-state index contributed by atoms with van der Waals surface area (Å²) in [5.74, 6) is -1.24. The van der Waals surface area contributed by atoms with Crippen LogP contribution in [0.3, 0.4) is 0 Å². The Morgan fingerprint density at radius 2 is 1.65 bits per heavy atom. The summed E-state index contributed by atoms with van der Waals surface area (Å²) in [5, 5.41) is 3.01. The van der Waals surface area contributed by atoms with Crippen LogP contribution in [0.5, 0.6) is 0 Å².